The maximum atomic E-state index is 11.9. The molecule has 0 spiro atoms. The molecule has 0 saturated carbocycles. The summed E-state index contributed by atoms with van der Waals surface area (Å²) in [7, 11) is 0. The van der Waals surface area contributed by atoms with Gasteiger partial charge in [-0.1, -0.05) is 12.1 Å². The number of carbonyl (C=O) groups is 1. The van der Waals surface area contributed by atoms with Crippen LogP contribution in [0, 0.1) is 5.92 Å². The van der Waals surface area contributed by atoms with Gasteiger partial charge in [0, 0.05) is 6.61 Å². The number of nitrogen functional groups attached to an aromatic ring is 1. The van der Waals surface area contributed by atoms with Crippen LogP contribution in [0.1, 0.15) is 13.3 Å². The number of benzene rings is 1. The van der Waals surface area contributed by atoms with E-state index in [0.29, 0.717) is 31.2 Å². The molecule has 0 radical (unpaired) electrons. The van der Waals surface area contributed by atoms with Gasteiger partial charge in [0.1, 0.15) is 12.4 Å². The van der Waals surface area contributed by atoms with Crippen LogP contribution in [0.15, 0.2) is 24.3 Å². The van der Waals surface area contributed by atoms with Gasteiger partial charge in [0.2, 0.25) is 5.91 Å². The first-order valence-corrected chi connectivity index (χ1v) is 6.55. The van der Waals surface area contributed by atoms with Crippen molar-refractivity contribution in [2.24, 2.45) is 5.92 Å². The lowest BCUT2D eigenvalue weighted by atomic mass is 10.0. The van der Waals surface area contributed by atoms with E-state index in [1.54, 1.807) is 6.07 Å². The fourth-order valence-electron chi connectivity index (χ4n) is 2.15. The predicted octanol–water partition coefficient (Wildman–Crippen LogP) is 1.19. The van der Waals surface area contributed by atoms with E-state index in [0.717, 1.165) is 6.42 Å². The molecule has 1 heterocycles. The molecule has 1 fully saturated rings. The smallest absolute Gasteiger partial charge is 0.225 e. The average Bonchev–Trinajstić information content (AvgIpc) is 2.82. The lowest BCUT2D eigenvalue weighted by molar-refractivity contribution is -0.126. The Labute approximate surface area is 113 Å². The molecule has 0 aliphatic carbocycles. The van der Waals surface area contributed by atoms with E-state index < -0.39 is 0 Å². The Morgan fingerprint density at radius 3 is 3.00 bits per heavy atom. The van der Waals surface area contributed by atoms with E-state index in [1.807, 2.05) is 25.1 Å². The SMILES string of the molecule is CC1OCCC1C(=O)NCCOc1ccccc1N. The molecule has 5 nitrogen and oxygen atoms in total. The summed E-state index contributed by atoms with van der Waals surface area (Å²) in [6.07, 6.45) is 0.796. The fraction of sp³-hybridized carbons (Fsp3) is 0.500. The van der Waals surface area contributed by atoms with Crippen LogP contribution in [0.2, 0.25) is 0 Å². The molecule has 19 heavy (non-hydrogen) atoms. The maximum absolute atomic E-state index is 11.9. The number of nitrogens with one attached hydrogen (secondary N) is 1. The number of nitrogens with two attached hydrogens (primary N) is 1. The molecule has 104 valence electrons. The van der Waals surface area contributed by atoms with Crippen molar-refractivity contribution in [1.29, 1.82) is 0 Å². The zero-order chi connectivity index (χ0) is 13.7. The predicted molar refractivity (Wildman–Crippen MR) is 72.9 cm³/mol. The van der Waals surface area contributed by atoms with Crippen LogP contribution in [-0.4, -0.2) is 31.8 Å². The number of anilines is 1. The average molecular weight is 264 g/mol. The molecule has 2 atom stereocenters. The first kappa shape index (κ1) is 13.7. The molecule has 2 unspecified atom stereocenters. The van der Waals surface area contributed by atoms with Crippen LogP contribution in [0.5, 0.6) is 5.75 Å². The van der Waals surface area contributed by atoms with Crippen LogP contribution >= 0.6 is 0 Å². The molecule has 1 amide bonds. The number of hydrogen-bond donors (Lipinski definition) is 2. The summed E-state index contributed by atoms with van der Waals surface area (Å²) in [5.41, 5.74) is 6.35. The molecule has 1 aliphatic heterocycles. The van der Waals surface area contributed by atoms with Gasteiger partial charge in [-0.3, -0.25) is 4.79 Å². The lowest BCUT2D eigenvalue weighted by Gasteiger charge is -2.14. The summed E-state index contributed by atoms with van der Waals surface area (Å²) in [5, 5.41) is 2.86. The monoisotopic (exact) mass is 264 g/mol. The number of ether oxygens (including phenoxy) is 2. The van der Waals surface area contributed by atoms with Gasteiger partial charge in [-0.15, -0.1) is 0 Å². The summed E-state index contributed by atoms with van der Waals surface area (Å²) < 4.78 is 10.9. The Morgan fingerprint density at radius 2 is 2.32 bits per heavy atom. The summed E-state index contributed by atoms with van der Waals surface area (Å²) >= 11 is 0. The number of hydrogen-bond acceptors (Lipinski definition) is 4. The van der Waals surface area contributed by atoms with Crippen LogP contribution in [0.25, 0.3) is 0 Å². The summed E-state index contributed by atoms with van der Waals surface area (Å²) in [6.45, 7) is 3.47. The molecule has 0 aromatic heterocycles. The van der Waals surface area contributed by atoms with Gasteiger partial charge in [-0.2, -0.15) is 0 Å². The molecule has 3 N–H and O–H groups in total. The Morgan fingerprint density at radius 1 is 1.53 bits per heavy atom. The normalized spacial score (nSPS) is 22.2. The van der Waals surface area contributed by atoms with E-state index in [9.17, 15) is 4.79 Å². The van der Waals surface area contributed by atoms with Crippen molar-refractivity contribution in [2.45, 2.75) is 19.4 Å². The van der Waals surface area contributed by atoms with Crippen molar-refractivity contribution in [1.82, 2.24) is 5.32 Å². The fourth-order valence-corrected chi connectivity index (χ4v) is 2.15. The minimum atomic E-state index is -0.0400. The zero-order valence-corrected chi connectivity index (χ0v) is 11.1. The van der Waals surface area contributed by atoms with Crippen molar-refractivity contribution in [3.05, 3.63) is 24.3 Å². The standard InChI is InChI=1S/C14H20N2O3/c1-10-11(6-8-18-10)14(17)16-7-9-19-13-5-3-2-4-12(13)15/h2-5,10-11H,6-9,15H2,1H3,(H,16,17). The quantitative estimate of drug-likeness (QED) is 0.619. The second kappa shape index (κ2) is 6.43. The summed E-state index contributed by atoms with van der Waals surface area (Å²) in [4.78, 5) is 11.9. The van der Waals surface area contributed by atoms with Gasteiger partial charge in [-0.05, 0) is 25.5 Å². The van der Waals surface area contributed by atoms with Crippen molar-refractivity contribution < 1.29 is 14.3 Å². The highest BCUT2D eigenvalue weighted by atomic mass is 16.5. The minimum absolute atomic E-state index is 0.00526. The Balaban J connectivity index is 1.69. The first-order valence-electron chi connectivity index (χ1n) is 6.55. The van der Waals surface area contributed by atoms with Gasteiger partial charge in [0.05, 0.1) is 24.3 Å². The minimum Gasteiger partial charge on any atom is -0.490 e. The highest BCUT2D eigenvalue weighted by molar-refractivity contribution is 5.79. The Kier molecular flexibility index (Phi) is 4.63. The van der Waals surface area contributed by atoms with Crippen molar-refractivity contribution in [2.75, 3.05) is 25.5 Å². The van der Waals surface area contributed by atoms with Gasteiger partial charge >= 0.3 is 0 Å². The van der Waals surface area contributed by atoms with Gasteiger partial charge in [0.25, 0.3) is 0 Å². The molecule has 1 aromatic rings. The van der Waals surface area contributed by atoms with Gasteiger partial charge in [-0.25, -0.2) is 0 Å². The second-order valence-electron chi connectivity index (χ2n) is 4.65. The molecule has 1 aliphatic rings. The van der Waals surface area contributed by atoms with Crippen LogP contribution in [-0.2, 0) is 9.53 Å². The molecule has 0 bridgehead atoms. The molecule has 2 rings (SSSR count). The number of para-hydroxylation sites is 2. The number of amides is 1. The maximum Gasteiger partial charge on any atom is 0.225 e. The van der Waals surface area contributed by atoms with Crippen LogP contribution in [0.3, 0.4) is 0 Å². The summed E-state index contributed by atoms with van der Waals surface area (Å²) in [5.74, 6) is 0.644. The van der Waals surface area contributed by atoms with Crippen molar-refractivity contribution in [3.63, 3.8) is 0 Å². The third-order valence-electron chi connectivity index (χ3n) is 3.29. The molecule has 1 aromatic carbocycles. The largest absolute Gasteiger partial charge is 0.490 e. The van der Waals surface area contributed by atoms with E-state index in [1.165, 1.54) is 0 Å². The molecular formula is C14H20N2O3. The molecule has 5 heteroatoms. The van der Waals surface area contributed by atoms with Gasteiger partial charge < -0.3 is 20.5 Å². The highest BCUT2D eigenvalue weighted by Gasteiger charge is 2.30. The topological polar surface area (TPSA) is 73.6 Å². The van der Waals surface area contributed by atoms with Crippen molar-refractivity contribution >= 4 is 11.6 Å². The summed E-state index contributed by atoms with van der Waals surface area (Å²) in [6, 6.07) is 7.31. The number of carbonyl (C=O) groups excluding carboxylic acids is 1. The van der Waals surface area contributed by atoms with E-state index >= 15 is 0 Å². The highest BCUT2D eigenvalue weighted by Crippen LogP contribution is 2.21. The third kappa shape index (κ3) is 3.61. The third-order valence-corrected chi connectivity index (χ3v) is 3.29. The van der Waals surface area contributed by atoms with E-state index in [4.69, 9.17) is 15.2 Å². The van der Waals surface area contributed by atoms with E-state index in [-0.39, 0.29) is 17.9 Å². The first-order chi connectivity index (χ1) is 9.18. The lowest BCUT2D eigenvalue weighted by Crippen LogP contribution is -2.36. The van der Waals surface area contributed by atoms with Crippen molar-refractivity contribution in [3.8, 4) is 5.75 Å². The van der Waals surface area contributed by atoms with E-state index in [2.05, 4.69) is 5.32 Å². The van der Waals surface area contributed by atoms with Crippen LogP contribution < -0.4 is 15.8 Å². The molecule has 1 saturated heterocycles. The zero-order valence-electron chi connectivity index (χ0n) is 11.1. The molecular weight excluding hydrogens is 244 g/mol. The Hall–Kier alpha value is -1.75. The Bertz CT molecular complexity index is 436. The second-order valence-corrected chi connectivity index (χ2v) is 4.65. The number of rotatable bonds is 5. The van der Waals surface area contributed by atoms with Crippen LogP contribution in [0.4, 0.5) is 5.69 Å². The van der Waals surface area contributed by atoms with Gasteiger partial charge in [0.15, 0.2) is 0 Å².